The zero-order chi connectivity index (χ0) is 18.7. The van der Waals surface area contributed by atoms with Crippen LogP contribution in [0.15, 0.2) is 24.3 Å². The lowest BCUT2D eigenvalue weighted by Gasteiger charge is -2.40. The van der Waals surface area contributed by atoms with E-state index in [4.69, 9.17) is 0 Å². The summed E-state index contributed by atoms with van der Waals surface area (Å²) in [5, 5.41) is 0. The summed E-state index contributed by atoms with van der Waals surface area (Å²) in [6.45, 7) is 17.2. The molecule has 1 aliphatic rings. The smallest absolute Gasteiger partial charge is 0.173 e. The molecule has 0 atom stereocenters. The number of benzene rings is 1. The van der Waals surface area contributed by atoms with Crippen LogP contribution in [-0.4, -0.2) is 37.9 Å². The van der Waals surface area contributed by atoms with Gasteiger partial charge in [0.15, 0.2) is 6.71 Å². The molecule has 0 aromatic heterocycles. The molecule has 0 aliphatic carbocycles. The maximum absolute atomic E-state index is 12.5. The lowest BCUT2D eigenvalue weighted by Crippen LogP contribution is -2.38. The first kappa shape index (κ1) is 20.5. The van der Waals surface area contributed by atoms with Crippen LogP contribution in [0.25, 0.3) is 0 Å². The molecule has 3 heteroatoms. The summed E-state index contributed by atoms with van der Waals surface area (Å²) in [6.07, 6.45) is 3.52. The van der Waals surface area contributed by atoms with Crippen LogP contribution >= 0.6 is 0 Å². The van der Waals surface area contributed by atoms with Crippen molar-refractivity contribution < 1.29 is 4.39 Å². The third-order valence-electron chi connectivity index (χ3n) is 6.81. The molecule has 25 heavy (non-hydrogen) atoms. The first-order valence-corrected chi connectivity index (χ1v) is 10.0. The topological polar surface area (TPSA) is 3.24 Å². The van der Waals surface area contributed by atoms with Gasteiger partial charge in [0, 0.05) is 6.54 Å². The Morgan fingerprint density at radius 3 is 2.08 bits per heavy atom. The van der Waals surface area contributed by atoms with Gasteiger partial charge in [-0.05, 0) is 48.2 Å². The molecule has 1 aromatic rings. The van der Waals surface area contributed by atoms with Gasteiger partial charge in [0.2, 0.25) is 0 Å². The fourth-order valence-electron chi connectivity index (χ4n) is 3.90. The summed E-state index contributed by atoms with van der Waals surface area (Å²) in [4.78, 5) is 2.25. The number of nitrogens with zero attached hydrogens (tertiary/aromatic N) is 1. The molecule has 0 amide bonds. The van der Waals surface area contributed by atoms with Crippen LogP contribution < -0.4 is 5.46 Å². The number of hydrogen-bond donors (Lipinski definition) is 0. The standard InChI is InChI=1S/C22H37BFN/c1-21(2,3)22(4,5)17-23(6)20-9-7-18(8-10-20)19-11-14-25(15-12-19)16-13-24/h7-10,19H,11-17H2,1-6H3. The minimum absolute atomic E-state index is 0.220. The van der Waals surface area contributed by atoms with Gasteiger partial charge >= 0.3 is 0 Å². The van der Waals surface area contributed by atoms with E-state index in [1.807, 2.05) is 0 Å². The highest BCUT2D eigenvalue weighted by Gasteiger charge is 2.35. The fraction of sp³-hybridized carbons (Fsp3) is 0.727. The molecule has 0 spiro atoms. The van der Waals surface area contributed by atoms with Crippen molar-refractivity contribution in [1.29, 1.82) is 0 Å². The first-order valence-electron chi connectivity index (χ1n) is 10.0. The van der Waals surface area contributed by atoms with Gasteiger partial charge in [-0.15, -0.1) is 0 Å². The number of halogens is 1. The van der Waals surface area contributed by atoms with E-state index < -0.39 is 0 Å². The van der Waals surface area contributed by atoms with Crippen molar-refractivity contribution in [3.63, 3.8) is 0 Å². The van der Waals surface area contributed by atoms with Crippen LogP contribution in [0.4, 0.5) is 4.39 Å². The van der Waals surface area contributed by atoms with E-state index in [-0.39, 0.29) is 6.67 Å². The van der Waals surface area contributed by atoms with Crippen LogP contribution in [-0.2, 0) is 0 Å². The maximum atomic E-state index is 12.5. The van der Waals surface area contributed by atoms with Gasteiger partial charge in [-0.3, -0.25) is 0 Å². The molecule has 1 heterocycles. The zero-order valence-corrected chi connectivity index (χ0v) is 17.2. The molecule has 140 valence electrons. The van der Waals surface area contributed by atoms with Crippen LogP contribution in [0.5, 0.6) is 0 Å². The van der Waals surface area contributed by atoms with E-state index in [1.165, 1.54) is 17.3 Å². The third-order valence-corrected chi connectivity index (χ3v) is 6.81. The molecule has 0 unspecified atom stereocenters. The number of alkyl halides is 1. The lowest BCUT2D eigenvalue weighted by atomic mass is 9.38. The van der Waals surface area contributed by atoms with E-state index in [0.29, 0.717) is 30.0 Å². The number of rotatable bonds is 6. The van der Waals surface area contributed by atoms with E-state index >= 15 is 0 Å². The van der Waals surface area contributed by atoms with Crippen molar-refractivity contribution in [3.8, 4) is 0 Å². The van der Waals surface area contributed by atoms with Gasteiger partial charge in [-0.25, -0.2) is 4.39 Å². The maximum Gasteiger partial charge on any atom is 0.173 e. The van der Waals surface area contributed by atoms with Gasteiger partial charge in [-0.2, -0.15) is 0 Å². The number of hydrogen-bond acceptors (Lipinski definition) is 1. The summed E-state index contributed by atoms with van der Waals surface area (Å²) >= 11 is 0. The Kier molecular flexibility index (Phi) is 6.76. The highest BCUT2D eigenvalue weighted by atomic mass is 19.1. The Bertz CT molecular complexity index is 524. The van der Waals surface area contributed by atoms with Crippen molar-refractivity contribution in [2.45, 2.75) is 66.5 Å². The molecule has 1 nitrogen and oxygen atoms in total. The summed E-state index contributed by atoms with van der Waals surface area (Å²) in [7, 11) is 0. The zero-order valence-electron chi connectivity index (χ0n) is 17.2. The van der Waals surface area contributed by atoms with E-state index in [2.05, 4.69) is 70.6 Å². The second-order valence-electron chi connectivity index (χ2n) is 9.71. The first-order chi connectivity index (χ1) is 11.6. The summed E-state index contributed by atoms with van der Waals surface area (Å²) < 4.78 is 12.5. The van der Waals surface area contributed by atoms with Crippen LogP contribution in [0.1, 0.15) is 58.9 Å². The molecule has 0 radical (unpaired) electrons. The molecular weight excluding hydrogens is 308 g/mol. The normalized spacial score (nSPS) is 17.7. The second-order valence-corrected chi connectivity index (χ2v) is 9.71. The molecule has 0 bridgehead atoms. The molecule has 1 aliphatic heterocycles. The van der Waals surface area contributed by atoms with E-state index in [0.717, 1.165) is 25.9 Å². The molecule has 0 N–H and O–H groups in total. The lowest BCUT2D eigenvalue weighted by molar-refractivity contribution is 0.156. The highest BCUT2D eigenvalue weighted by molar-refractivity contribution is 6.72. The molecular formula is C22H37BFN. The van der Waals surface area contributed by atoms with E-state index in [1.54, 1.807) is 0 Å². The largest absolute Gasteiger partial charge is 0.301 e. The predicted octanol–water partition coefficient (Wildman–Crippen LogP) is 5.24. The van der Waals surface area contributed by atoms with Gasteiger partial charge in [0.1, 0.15) is 6.67 Å². The number of piperidine rings is 1. The van der Waals surface area contributed by atoms with Crippen LogP contribution in [0.3, 0.4) is 0 Å². The quantitative estimate of drug-likeness (QED) is 0.638. The summed E-state index contributed by atoms with van der Waals surface area (Å²) in [6, 6.07) is 9.36. The summed E-state index contributed by atoms with van der Waals surface area (Å²) in [5.41, 5.74) is 3.55. The molecule has 1 fully saturated rings. The third kappa shape index (κ3) is 5.32. The molecule has 2 rings (SSSR count). The average molecular weight is 345 g/mol. The Hall–Kier alpha value is -0.825. The minimum Gasteiger partial charge on any atom is -0.301 e. The van der Waals surface area contributed by atoms with Crippen molar-refractivity contribution in [1.82, 2.24) is 4.90 Å². The molecule has 1 aromatic carbocycles. The van der Waals surface area contributed by atoms with Gasteiger partial charge < -0.3 is 4.90 Å². The van der Waals surface area contributed by atoms with Gasteiger partial charge in [0.25, 0.3) is 0 Å². The Labute approximate surface area is 155 Å². The Morgan fingerprint density at radius 1 is 1.04 bits per heavy atom. The second kappa shape index (κ2) is 8.25. The Morgan fingerprint density at radius 2 is 1.60 bits per heavy atom. The van der Waals surface area contributed by atoms with Crippen molar-refractivity contribution >= 4 is 12.2 Å². The fourth-order valence-corrected chi connectivity index (χ4v) is 3.90. The van der Waals surface area contributed by atoms with Gasteiger partial charge in [0.05, 0.1) is 0 Å². The highest BCUT2D eigenvalue weighted by Crippen LogP contribution is 2.42. The minimum atomic E-state index is -0.220. The number of likely N-dealkylation sites (tertiary alicyclic amines) is 1. The Balaban J connectivity index is 1.96. The molecule has 0 saturated carbocycles. The van der Waals surface area contributed by atoms with Crippen molar-refractivity contribution in [2.75, 3.05) is 26.3 Å². The van der Waals surface area contributed by atoms with Crippen LogP contribution in [0, 0.1) is 10.8 Å². The average Bonchev–Trinajstić information content (AvgIpc) is 2.54. The summed E-state index contributed by atoms with van der Waals surface area (Å²) in [5.74, 6) is 0.645. The SMILES string of the molecule is CB(CC(C)(C)C(C)(C)C)c1ccc(C2CCN(CCF)CC2)cc1. The van der Waals surface area contributed by atoms with Gasteiger partial charge in [-0.1, -0.05) is 77.5 Å². The molecule has 1 saturated heterocycles. The van der Waals surface area contributed by atoms with Crippen molar-refractivity contribution in [2.24, 2.45) is 10.8 Å². The van der Waals surface area contributed by atoms with Crippen LogP contribution in [0.2, 0.25) is 13.1 Å². The monoisotopic (exact) mass is 345 g/mol. The van der Waals surface area contributed by atoms with E-state index in [9.17, 15) is 4.39 Å². The predicted molar refractivity (Wildman–Crippen MR) is 110 cm³/mol. The van der Waals surface area contributed by atoms with Crippen molar-refractivity contribution in [3.05, 3.63) is 29.8 Å².